The Morgan fingerprint density at radius 2 is 1.81 bits per heavy atom. The second kappa shape index (κ2) is 8.57. The molecule has 1 unspecified atom stereocenters. The fraction of sp³-hybridized carbons (Fsp3) is 0.360. The Morgan fingerprint density at radius 3 is 2.44 bits per heavy atom. The molecule has 166 valence electrons. The van der Waals surface area contributed by atoms with Crippen molar-refractivity contribution in [2.45, 2.75) is 53.1 Å². The lowest BCUT2D eigenvalue weighted by atomic mass is 9.99. The van der Waals surface area contributed by atoms with Crippen molar-refractivity contribution in [1.82, 2.24) is 14.7 Å². The van der Waals surface area contributed by atoms with E-state index in [2.05, 4.69) is 37.1 Å². The van der Waals surface area contributed by atoms with Gasteiger partial charge in [-0.1, -0.05) is 30.3 Å². The van der Waals surface area contributed by atoms with E-state index in [1.165, 1.54) is 16.7 Å². The molecule has 3 aromatic rings. The van der Waals surface area contributed by atoms with Gasteiger partial charge in [0.1, 0.15) is 11.4 Å². The molecule has 7 heteroatoms. The number of likely N-dealkylation sites (tertiary alicyclic amines) is 1. The normalized spacial score (nSPS) is 15.9. The van der Waals surface area contributed by atoms with E-state index < -0.39 is 4.92 Å². The number of rotatable bonds is 5. The van der Waals surface area contributed by atoms with E-state index >= 15 is 0 Å². The highest BCUT2D eigenvalue weighted by atomic mass is 16.6. The van der Waals surface area contributed by atoms with Gasteiger partial charge >= 0.3 is 5.69 Å². The number of benzene rings is 2. The average Bonchev–Trinajstić information content (AvgIpc) is 3.35. The number of hydrogen-bond acceptors (Lipinski definition) is 4. The standard InChI is InChI=1S/C25H28N4O3/c1-16-7-10-22(14-17(16)2)23-6-5-13-27(23)25(30)21-11-8-20(9-12-21)15-28-19(4)24(29(31)32)18(3)26-28/h7-12,14,23H,5-6,13,15H2,1-4H3. The summed E-state index contributed by atoms with van der Waals surface area (Å²) in [5.74, 6) is 0.0408. The smallest absolute Gasteiger partial charge is 0.312 e. The second-order valence-corrected chi connectivity index (χ2v) is 8.63. The first-order valence-corrected chi connectivity index (χ1v) is 10.9. The van der Waals surface area contributed by atoms with Crippen LogP contribution in [0.25, 0.3) is 0 Å². The number of carbonyl (C=O) groups is 1. The summed E-state index contributed by atoms with van der Waals surface area (Å²) in [6, 6.07) is 14.0. The molecular formula is C25H28N4O3. The van der Waals surface area contributed by atoms with Crippen molar-refractivity contribution in [1.29, 1.82) is 0 Å². The molecule has 1 aliphatic rings. The lowest BCUT2D eigenvalue weighted by Gasteiger charge is -2.26. The third-order valence-electron chi connectivity index (χ3n) is 6.49. The van der Waals surface area contributed by atoms with Gasteiger partial charge in [-0.15, -0.1) is 0 Å². The van der Waals surface area contributed by atoms with Crippen LogP contribution in [0.1, 0.15) is 62.9 Å². The van der Waals surface area contributed by atoms with Gasteiger partial charge in [-0.2, -0.15) is 5.10 Å². The molecule has 0 bridgehead atoms. The zero-order chi connectivity index (χ0) is 23.0. The Labute approximate surface area is 187 Å². The summed E-state index contributed by atoms with van der Waals surface area (Å²) < 4.78 is 1.64. The maximum absolute atomic E-state index is 13.3. The summed E-state index contributed by atoms with van der Waals surface area (Å²) >= 11 is 0. The summed E-state index contributed by atoms with van der Waals surface area (Å²) in [5.41, 5.74) is 6.29. The van der Waals surface area contributed by atoms with Gasteiger partial charge in [-0.25, -0.2) is 0 Å². The minimum Gasteiger partial charge on any atom is -0.332 e. The molecule has 2 heterocycles. The fourth-order valence-electron chi connectivity index (χ4n) is 4.53. The number of hydrogen-bond donors (Lipinski definition) is 0. The van der Waals surface area contributed by atoms with Gasteiger partial charge in [0.05, 0.1) is 17.5 Å². The second-order valence-electron chi connectivity index (χ2n) is 8.63. The Hall–Kier alpha value is -3.48. The van der Waals surface area contributed by atoms with E-state index in [1.54, 1.807) is 18.5 Å². The summed E-state index contributed by atoms with van der Waals surface area (Å²) in [7, 11) is 0. The summed E-state index contributed by atoms with van der Waals surface area (Å²) in [4.78, 5) is 26.1. The van der Waals surface area contributed by atoms with Gasteiger partial charge < -0.3 is 4.90 Å². The van der Waals surface area contributed by atoms with Crippen LogP contribution in [0.5, 0.6) is 0 Å². The number of aromatic nitrogens is 2. The van der Waals surface area contributed by atoms with E-state index in [0.29, 0.717) is 23.5 Å². The van der Waals surface area contributed by atoms with Gasteiger partial charge in [0.25, 0.3) is 5.91 Å². The Morgan fingerprint density at radius 1 is 1.09 bits per heavy atom. The highest BCUT2D eigenvalue weighted by Gasteiger charge is 2.30. The molecule has 0 radical (unpaired) electrons. The van der Waals surface area contributed by atoms with Crippen molar-refractivity contribution >= 4 is 11.6 Å². The largest absolute Gasteiger partial charge is 0.332 e. The van der Waals surface area contributed by atoms with Crippen LogP contribution < -0.4 is 0 Å². The molecule has 1 aromatic heterocycles. The summed E-state index contributed by atoms with van der Waals surface area (Å²) in [5, 5.41) is 15.5. The first kappa shape index (κ1) is 21.7. The number of carbonyl (C=O) groups excluding carboxylic acids is 1. The molecule has 0 aliphatic carbocycles. The predicted molar refractivity (Wildman–Crippen MR) is 123 cm³/mol. The van der Waals surface area contributed by atoms with E-state index in [-0.39, 0.29) is 17.6 Å². The summed E-state index contributed by atoms with van der Waals surface area (Å²) in [6.45, 7) is 8.73. The van der Waals surface area contributed by atoms with Crippen molar-refractivity contribution in [2.75, 3.05) is 6.54 Å². The van der Waals surface area contributed by atoms with E-state index in [1.807, 2.05) is 29.2 Å². The van der Waals surface area contributed by atoms with Crippen LogP contribution in [0.15, 0.2) is 42.5 Å². The van der Waals surface area contributed by atoms with Crippen LogP contribution in [0, 0.1) is 37.8 Å². The van der Waals surface area contributed by atoms with Crippen LogP contribution >= 0.6 is 0 Å². The van der Waals surface area contributed by atoms with Crippen molar-refractivity contribution in [2.24, 2.45) is 0 Å². The zero-order valence-corrected chi connectivity index (χ0v) is 19.0. The molecule has 1 atom stereocenters. The molecule has 1 amide bonds. The Bertz CT molecular complexity index is 1180. The third-order valence-corrected chi connectivity index (χ3v) is 6.49. The molecule has 32 heavy (non-hydrogen) atoms. The van der Waals surface area contributed by atoms with Crippen molar-refractivity contribution in [3.05, 3.63) is 91.8 Å². The molecular weight excluding hydrogens is 404 g/mol. The minimum absolute atomic E-state index is 0.0408. The maximum atomic E-state index is 13.3. The van der Waals surface area contributed by atoms with Crippen LogP contribution in [0.4, 0.5) is 5.69 Å². The fourth-order valence-corrected chi connectivity index (χ4v) is 4.53. The van der Waals surface area contributed by atoms with Crippen molar-refractivity contribution < 1.29 is 9.72 Å². The first-order chi connectivity index (χ1) is 15.3. The number of nitrogens with zero attached hydrogens (tertiary/aromatic N) is 4. The van der Waals surface area contributed by atoms with E-state index in [9.17, 15) is 14.9 Å². The van der Waals surface area contributed by atoms with Gasteiger partial charge in [-0.3, -0.25) is 19.6 Å². The molecule has 2 aromatic carbocycles. The molecule has 0 saturated carbocycles. The average molecular weight is 433 g/mol. The molecule has 1 saturated heterocycles. The highest BCUT2D eigenvalue weighted by molar-refractivity contribution is 5.94. The Kier molecular flexibility index (Phi) is 5.82. The van der Waals surface area contributed by atoms with Crippen molar-refractivity contribution in [3.63, 3.8) is 0 Å². The Balaban J connectivity index is 1.51. The molecule has 1 fully saturated rings. The third kappa shape index (κ3) is 4.02. The number of nitro groups is 1. The van der Waals surface area contributed by atoms with Crippen LogP contribution in [-0.4, -0.2) is 32.1 Å². The van der Waals surface area contributed by atoms with E-state index in [4.69, 9.17) is 0 Å². The number of amides is 1. The minimum atomic E-state index is -0.391. The van der Waals surface area contributed by atoms with Gasteiger partial charge in [0.15, 0.2) is 0 Å². The first-order valence-electron chi connectivity index (χ1n) is 10.9. The molecule has 1 aliphatic heterocycles. The summed E-state index contributed by atoms with van der Waals surface area (Å²) in [6.07, 6.45) is 1.97. The number of aryl methyl sites for hydroxylation is 3. The SMILES string of the molecule is Cc1ccc(C2CCCN2C(=O)c2ccc(Cn3nc(C)c([N+](=O)[O-])c3C)cc2)cc1C. The molecule has 4 rings (SSSR count). The molecule has 7 nitrogen and oxygen atoms in total. The lowest BCUT2D eigenvalue weighted by Crippen LogP contribution is -2.30. The highest BCUT2D eigenvalue weighted by Crippen LogP contribution is 2.34. The van der Waals surface area contributed by atoms with Crippen LogP contribution in [0.2, 0.25) is 0 Å². The van der Waals surface area contributed by atoms with Crippen LogP contribution in [-0.2, 0) is 6.54 Å². The van der Waals surface area contributed by atoms with Crippen LogP contribution in [0.3, 0.4) is 0 Å². The molecule has 0 N–H and O–H groups in total. The molecule has 0 spiro atoms. The zero-order valence-electron chi connectivity index (χ0n) is 19.0. The maximum Gasteiger partial charge on any atom is 0.312 e. The van der Waals surface area contributed by atoms with Gasteiger partial charge in [0.2, 0.25) is 0 Å². The lowest BCUT2D eigenvalue weighted by molar-refractivity contribution is -0.386. The quantitative estimate of drug-likeness (QED) is 0.417. The van der Waals surface area contributed by atoms with Gasteiger partial charge in [-0.05, 0) is 74.9 Å². The van der Waals surface area contributed by atoms with Gasteiger partial charge in [0, 0.05) is 12.1 Å². The monoisotopic (exact) mass is 432 g/mol. The van der Waals surface area contributed by atoms with E-state index in [0.717, 1.165) is 24.9 Å². The topological polar surface area (TPSA) is 81.3 Å². The predicted octanol–water partition coefficient (Wildman–Crippen LogP) is 5.05. The van der Waals surface area contributed by atoms with Crippen molar-refractivity contribution in [3.8, 4) is 0 Å².